The predicted molar refractivity (Wildman–Crippen MR) is 93.5 cm³/mol. The number of thiophene rings is 1. The second-order valence-corrected chi connectivity index (χ2v) is 6.08. The summed E-state index contributed by atoms with van der Waals surface area (Å²) in [4.78, 5) is 18.7. The van der Waals surface area contributed by atoms with E-state index >= 15 is 0 Å². The molecule has 118 valence electrons. The predicted octanol–water partition coefficient (Wildman–Crippen LogP) is 2.77. The van der Waals surface area contributed by atoms with Crippen molar-refractivity contribution in [3.05, 3.63) is 30.0 Å². The number of nitrogens with zero attached hydrogens (tertiary/aromatic N) is 2. The number of nitrogen functional groups attached to an aromatic ring is 1. The fourth-order valence-corrected chi connectivity index (χ4v) is 3.38. The van der Waals surface area contributed by atoms with Gasteiger partial charge in [0.25, 0.3) is 0 Å². The van der Waals surface area contributed by atoms with Crippen LogP contribution in [0.4, 0.5) is 10.8 Å². The minimum atomic E-state index is 0.560. The molecule has 0 unspecified atom stereocenters. The van der Waals surface area contributed by atoms with E-state index in [1.54, 1.807) is 0 Å². The van der Waals surface area contributed by atoms with Crippen LogP contribution in [-0.4, -0.2) is 31.4 Å². The van der Waals surface area contributed by atoms with Gasteiger partial charge >= 0.3 is 0 Å². The number of rotatable bonds is 3. The molecule has 0 spiro atoms. The number of aromatic nitrogens is 1. The van der Waals surface area contributed by atoms with Gasteiger partial charge in [-0.1, -0.05) is 0 Å². The van der Waals surface area contributed by atoms with Crippen molar-refractivity contribution in [1.82, 2.24) is 4.98 Å². The summed E-state index contributed by atoms with van der Waals surface area (Å²) in [5.74, 6) is 1.04. The van der Waals surface area contributed by atoms with Gasteiger partial charge in [-0.2, -0.15) is 0 Å². The molecule has 0 aromatic carbocycles. The Hall–Kier alpha value is -1.92. The van der Waals surface area contributed by atoms with Crippen molar-refractivity contribution >= 4 is 28.4 Å². The molecule has 2 aromatic rings. The lowest BCUT2D eigenvalue weighted by atomic mass is 10.1. The highest BCUT2D eigenvalue weighted by Gasteiger charge is 2.13. The Bertz CT molecular complexity index is 603. The maximum Gasteiger partial charge on any atom is 0.153 e. The molecule has 1 aliphatic heterocycles. The number of carbonyl (C=O) groups is 1. The quantitative estimate of drug-likeness (QED) is 0.850. The molecule has 0 radical (unpaired) electrons. The second-order valence-electron chi connectivity index (χ2n) is 5.00. The molecular formula is C16H22N4OS. The van der Waals surface area contributed by atoms with E-state index in [0.29, 0.717) is 10.6 Å². The van der Waals surface area contributed by atoms with Crippen LogP contribution < -0.4 is 16.4 Å². The van der Waals surface area contributed by atoms with Gasteiger partial charge in [0, 0.05) is 35.3 Å². The van der Waals surface area contributed by atoms with Gasteiger partial charge in [-0.3, -0.25) is 4.79 Å². The van der Waals surface area contributed by atoms with Crippen LogP contribution in [0.1, 0.15) is 29.6 Å². The van der Waals surface area contributed by atoms with Crippen molar-refractivity contribution in [3.63, 3.8) is 0 Å². The lowest BCUT2D eigenvalue weighted by Gasteiger charge is -2.27. The Morgan fingerprint density at radius 2 is 1.95 bits per heavy atom. The van der Waals surface area contributed by atoms with E-state index in [1.807, 2.05) is 12.3 Å². The second kappa shape index (κ2) is 7.91. The van der Waals surface area contributed by atoms with Crippen LogP contribution in [0.15, 0.2) is 24.4 Å². The number of anilines is 2. The molecule has 1 aliphatic rings. The van der Waals surface area contributed by atoms with E-state index in [2.05, 4.69) is 27.8 Å². The van der Waals surface area contributed by atoms with Crippen LogP contribution in [-0.2, 0) is 0 Å². The van der Waals surface area contributed by atoms with Gasteiger partial charge in [-0.05, 0) is 44.5 Å². The van der Waals surface area contributed by atoms with Crippen molar-refractivity contribution in [1.29, 1.82) is 0 Å². The summed E-state index contributed by atoms with van der Waals surface area (Å²) >= 11 is 1.43. The number of piperidine rings is 1. The minimum Gasteiger partial charge on any atom is -0.390 e. The van der Waals surface area contributed by atoms with Crippen LogP contribution >= 0.6 is 11.3 Å². The third-order valence-electron chi connectivity index (χ3n) is 3.63. The molecule has 5 nitrogen and oxygen atoms in total. The third-order valence-corrected chi connectivity index (χ3v) is 4.66. The molecule has 0 atom stereocenters. The molecule has 3 heterocycles. The first-order valence-corrected chi connectivity index (χ1v) is 8.23. The van der Waals surface area contributed by atoms with Gasteiger partial charge in [0.15, 0.2) is 6.29 Å². The van der Waals surface area contributed by atoms with Gasteiger partial charge in [0.05, 0.1) is 5.00 Å². The molecule has 6 heteroatoms. The SMILES string of the molecule is CN.Nc1sc(-c2ccc(N3CCCCC3)nc2)cc1C=O. The fraction of sp³-hybridized carbons (Fsp3) is 0.375. The van der Waals surface area contributed by atoms with Gasteiger partial charge in [-0.25, -0.2) is 4.98 Å². The minimum absolute atomic E-state index is 0.560. The van der Waals surface area contributed by atoms with Crippen molar-refractivity contribution < 1.29 is 4.79 Å². The highest BCUT2D eigenvalue weighted by atomic mass is 32.1. The average Bonchev–Trinajstić information content (AvgIpc) is 2.98. The third kappa shape index (κ3) is 3.64. The summed E-state index contributed by atoms with van der Waals surface area (Å²) in [5, 5.41) is 0.565. The fourth-order valence-electron chi connectivity index (χ4n) is 2.50. The summed E-state index contributed by atoms with van der Waals surface area (Å²) in [6, 6.07) is 5.93. The highest BCUT2D eigenvalue weighted by Crippen LogP contribution is 2.33. The van der Waals surface area contributed by atoms with Crippen LogP contribution in [0.3, 0.4) is 0 Å². The lowest BCUT2D eigenvalue weighted by Crippen LogP contribution is -2.29. The summed E-state index contributed by atoms with van der Waals surface area (Å²) in [5.41, 5.74) is 11.9. The molecule has 1 fully saturated rings. The first-order chi connectivity index (χ1) is 10.8. The Kier molecular flexibility index (Phi) is 5.91. The van der Waals surface area contributed by atoms with E-state index < -0.39 is 0 Å². The normalized spacial score (nSPS) is 14.2. The number of hydrogen-bond acceptors (Lipinski definition) is 6. The standard InChI is InChI=1S/C15H17N3OS.CH5N/c16-15-12(10-19)8-13(20-15)11-4-5-14(17-9-11)18-6-2-1-3-7-18;1-2/h4-5,8-10H,1-3,6-7,16H2;2H2,1H3. The smallest absolute Gasteiger partial charge is 0.153 e. The van der Waals surface area contributed by atoms with E-state index in [-0.39, 0.29) is 0 Å². The van der Waals surface area contributed by atoms with E-state index in [0.717, 1.165) is 35.6 Å². The van der Waals surface area contributed by atoms with E-state index in [4.69, 9.17) is 5.73 Å². The Labute approximate surface area is 135 Å². The molecule has 3 rings (SSSR count). The topological polar surface area (TPSA) is 85.2 Å². The number of pyridine rings is 1. The van der Waals surface area contributed by atoms with Crippen LogP contribution in [0.5, 0.6) is 0 Å². The number of aldehydes is 1. The zero-order valence-corrected chi connectivity index (χ0v) is 13.6. The average molecular weight is 318 g/mol. The number of carbonyl (C=O) groups excluding carboxylic acids is 1. The monoisotopic (exact) mass is 318 g/mol. The van der Waals surface area contributed by atoms with Gasteiger partial charge in [0.2, 0.25) is 0 Å². The zero-order chi connectivity index (χ0) is 15.9. The van der Waals surface area contributed by atoms with Gasteiger partial charge < -0.3 is 16.4 Å². The van der Waals surface area contributed by atoms with E-state index in [9.17, 15) is 4.79 Å². The first kappa shape index (κ1) is 16.5. The summed E-state index contributed by atoms with van der Waals surface area (Å²) in [6.07, 6.45) is 6.47. The van der Waals surface area contributed by atoms with Crippen LogP contribution in [0.25, 0.3) is 10.4 Å². The zero-order valence-electron chi connectivity index (χ0n) is 12.8. The summed E-state index contributed by atoms with van der Waals surface area (Å²) in [6.45, 7) is 2.18. The molecule has 0 aliphatic carbocycles. The molecule has 0 amide bonds. The molecule has 22 heavy (non-hydrogen) atoms. The molecule has 4 N–H and O–H groups in total. The summed E-state index contributed by atoms with van der Waals surface area (Å²) < 4.78 is 0. The number of hydrogen-bond donors (Lipinski definition) is 2. The van der Waals surface area contributed by atoms with Crippen molar-refractivity contribution in [2.45, 2.75) is 19.3 Å². The van der Waals surface area contributed by atoms with Crippen LogP contribution in [0.2, 0.25) is 0 Å². The highest BCUT2D eigenvalue weighted by molar-refractivity contribution is 7.19. The molecule has 1 saturated heterocycles. The molecule has 0 bridgehead atoms. The molecule has 2 aromatic heterocycles. The van der Waals surface area contributed by atoms with Gasteiger partial charge in [-0.15, -0.1) is 11.3 Å². The summed E-state index contributed by atoms with van der Waals surface area (Å²) in [7, 11) is 1.50. The Morgan fingerprint density at radius 1 is 1.23 bits per heavy atom. The maximum absolute atomic E-state index is 10.8. The van der Waals surface area contributed by atoms with Gasteiger partial charge in [0.1, 0.15) is 5.82 Å². The number of nitrogens with two attached hydrogens (primary N) is 2. The molecule has 0 saturated carbocycles. The first-order valence-electron chi connectivity index (χ1n) is 7.41. The Morgan fingerprint density at radius 3 is 2.50 bits per heavy atom. The largest absolute Gasteiger partial charge is 0.390 e. The van der Waals surface area contributed by atoms with Crippen LogP contribution in [0, 0.1) is 0 Å². The van der Waals surface area contributed by atoms with Crippen molar-refractivity contribution in [3.8, 4) is 10.4 Å². The Balaban J connectivity index is 0.000000847. The maximum atomic E-state index is 10.8. The lowest BCUT2D eigenvalue weighted by molar-refractivity contribution is 0.112. The van der Waals surface area contributed by atoms with E-state index in [1.165, 1.54) is 37.6 Å². The van der Waals surface area contributed by atoms with Crippen molar-refractivity contribution in [2.24, 2.45) is 5.73 Å². The van der Waals surface area contributed by atoms with Crippen molar-refractivity contribution in [2.75, 3.05) is 30.8 Å². The molecular weight excluding hydrogens is 296 g/mol.